The lowest BCUT2D eigenvalue weighted by atomic mass is 10.2. The average Bonchev–Trinajstić information content (AvgIpc) is 3.32. The van der Waals surface area contributed by atoms with Gasteiger partial charge in [-0.05, 0) is 50.1 Å². The molecular formula is C21H19N5O2S. The third kappa shape index (κ3) is 3.71. The highest BCUT2D eigenvalue weighted by Crippen LogP contribution is 2.37. The normalized spacial score (nSPS) is 14.7. The molecule has 4 aromatic rings. The molecule has 0 unspecified atom stereocenters. The molecule has 1 fully saturated rings. The van der Waals surface area contributed by atoms with Crippen molar-refractivity contribution in [3.05, 3.63) is 65.4 Å². The third-order valence-electron chi connectivity index (χ3n) is 4.84. The van der Waals surface area contributed by atoms with Crippen molar-refractivity contribution in [3.8, 4) is 5.75 Å². The number of nitrogens with one attached hydrogen (secondary N) is 1. The number of nitrogens with zero attached hydrogens (tertiary/aromatic N) is 4. The summed E-state index contributed by atoms with van der Waals surface area (Å²) in [6.45, 7) is 1.91. The summed E-state index contributed by atoms with van der Waals surface area (Å²) in [5, 5.41) is 12.2. The van der Waals surface area contributed by atoms with Crippen LogP contribution in [0, 0.1) is 0 Å². The zero-order valence-corrected chi connectivity index (χ0v) is 16.6. The van der Waals surface area contributed by atoms with Gasteiger partial charge in [0, 0.05) is 11.6 Å². The van der Waals surface area contributed by atoms with Crippen LogP contribution in [0.3, 0.4) is 0 Å². The third-order valence-corrected chi connectivity index (χ3v) is 5.84. The summed E-state index contributed by atoms with van der Waals surface area (Å²) >= 11 is 1.30. The summed E-state index contributed by atoms with van der Waals surface area (Å²) in [6, 6.07) is 15.7. The number of hydrogen-bond donors (Lipinski definition) is 1. The van der Waals surface area contributed by atoms with Gasteiger partial charge in [0.2, 0.25) is 5.13 Å². The van der Waals surface area contributed by atoms with Gasteiger partial charge in [-0.1, -0.05) is 29.5 Å². The van der Waals surface area contributed by atoms with E-state index in [0.29, 0.717) is 21.7 Å². The van der Waals surface area contributed by atoms with Gasteiger partial charge in [0.05, 0.1) is 17.4 Å². The van der Waals surface area contributed by atoms with Gasteiger partial charge in [-0.2, -0.15) is 0 Å². The van der Waals surface area contributed by atoms with E-state index in [9.17, 15) is 4.79 Å². The Hall–Kier alpha value is -3.26. The Bertz CT molecular complexity index is 1170. The molecule has 0 spiro atoms. The maximum Gasteiger partial charge on any atom is 0.257 e. The smallest absolute Gasteiger partial charge is 0.257 e. The van der Waals surface area contributed by atoms with Crippen LogP contribution < -0.4 is 10.1 Å². The van der Waals surface area contributed by atoms with Crippen molar-refractivity contribution in [1.29, 1.82) is 0 Å². The van der Waals surface area contributed by atoms with E-state index in [4.69, 9.17) is 4.74 Å². The van der Waals surface area contributed by atoms with Crippen LogP contribution in [-0.2, 0) is 0 Å². The van der Waals surface area contributed by atoms with E-state index in [0.717, 1.165) is 16.8 Å². The van der Waals surface area contributed by atoms with E-state index >= 15 is 0 Å². The SMILES string of the molecule is C[C@@H](Oc1ccccc1)c1nnc(NC(=O)c2ccc3c(c2)ncn3C2CC2)s1. The van der Waals surface area contributed by atoms with Gasteiger partial charge < -0.3 is 9.30 Å². The number of amides is 1. The number of aromatic nitrogens is 4. The summed E-state index contributed by atoms with van der Waals surface area (Å²) in [7, 11) is 0. The van der Waals surface area contributed by atoms with Crippen molar-refractivity contribution in [1.82, 2.24) is 19.7 Å². The molecule has 0 radical (unpaired) electrons. The number of imidazole rings is 1. The maximum atomic E-state index is 12.6. The molecule has 1 atom stereocenters. The van der Waals surface area contributed by atoms with Gasteiger partial charge in [-0.3, -0.25) is 10.1 Å². The Balaban J connectivity index is 1.28. The molecule has 1 N–H and O–H groups in total. The summed E-state index contributed by atoms with van der Waals surface area (Å²) in [5.41, 5.74) is 2.44. The van der Waals surface area contributed by atoms with Crippen molar-refractivity contribution in [2.24, 2.45) is 0 Å². The minimum atomic E-state index is -0.261. The number of ether oxygens (including phenoxy) is 1. The minimum Gasteiger partial charge on any atom is -0.483 e. The fourth-order valence-electron chi connectivity index (χ4n) is 3.19. The highest BCUT2D eigenvalue weighted by Gasteiger charge is 2.25. The number of hydrogen-bond acceptors (Lipinski definition) is 6. The summed E-state index contributed by atoms with van der Waals surface area (Å²) in [6.07, 6.45) is 3.98. The molecule has 2 aromatic heterocycles. The first-order valence-corrected chi connectivity index (χ1v) is 10.3. The van der Waals surface area contributed by atoms with Crippen LogP contribution in [0.5, 0.6) is 5.75 Å². The molecule has 29 heavy (non-hydrogen) atoms. The van der Waals surface area contributed by atoms with Gasteiger partial charge in [0.1, 0.15) is 11.9 Å². The van der Waals surface area contributed by atoms with E-state index in [1.165, 1.54) is 24.2 Å². The summed E-state index contributed by atoms with van der Waals surface area (Å²) < 4.78 is 8.05. The van der Waals surface area contributed by atoms with Gasteiger partial charge in [0.25, 0.3) is 5.91 Å². The fraction of sp³-hybridized carbons (Fsp3) is 0.238. The molecule has 1 saturated carbocycles. The van der Waals surface area contributed by atoms with Crippen LogP contribution in [0.2, 0.25) is 0 Å². The number of anilines is 1. The highest BCUT2D eigenvalue weighted by molar-refractivity contribution is 7.15. The largest absolute Gasteiger partial charge is 0.483 e. The van der Waals surface area contributed by atoms with E-state index in [-0.39, 0.29) is 12.0 Å². The number of fused-ring (bicyclic) bond motifs is 1. The number of para-hydroxylation sites is 1. The van der Waals surface area contributed by atoms with E-state index in [1.54, 1.807) is 0 Å². The summed E-state index contributed by atoms with van der Waals surface area (Å²) in [5.74, 6) is 0.534. The van der Waals surface area contributed by atoms with Gasteiger partial charge in [-0.15, -0.1) is 10.2 Å². The fourth-order valence-corrected chi connectivity index (χ4v) is 3.91. The number of rotatable bonds is 6. The zero-order chi connectivity index (χ0) is 19.8. The number of carbonyl (C=O) groups excluding carboxylic acids is 1. The van der Waals surface area contributed by atoms with Crippen LogP contribution >= 0.6 is 11.3 Å². The Morgan fingerprint density at radius 2 is 2.03 bits per heavy atom. The van der Waals surface area contributed by atoms with E-state index in [2.05, 4.69) is 25.1 Å². The van der Waals surface area contributed by atoms with Gasteiger partial charge in [-0.25, -0.2) is 4.98 Å². The molecule has 146 valence electrons. The molecule has 5 rings (SSSR count). The molecule has 8 heteroatoms. The lowest BCUT2D eigenvalue weighted by Crippen LogP contribution is -2.11. The van der Waals surface area contributed by atoms with Crippen LogP contribution in [0.4, 0.5) is 5.13 Å². The van der Waals surface area contributed by atoms with E-state index in [1.807, 2.05) is 61.8 Å². The molecule has 0 bridgehead atoms. The topological polar surface area (TPSA) is 81.9 Å². The monoisotopic (exact) mass is 405 g/mol. The van der Waals surface area contributed by atoms with Crippen LogP contribution in [0.1, 0.15) is 47.3 Å². The second-order valence-corrected chi connectivity index (χ2v) is 8.07. The number of carbonyl (C=O) groups is 1. The maximum absolute atomic E-state index is 12.6. The van der Waals surface area contributed by atoms with Gasteiger partial charge >= 0.3 is 0 Å². The first-order valence-electron chi connectivity index (χ1n) is 9.50. The Morgan fingerprint density at radius 3 is 2.83 bits per heavy atom. The van der Waals surface area contributed by atoms with Crippen LogP contribution in [0.25, 0.3) is 11.0 Å². The first kappa shape index (κ1) is 17.8. The van der Waals surface area contributed by atoms with Crippen molar-refractivity contribution >= 4 is 33.4 Å². The molecular weight excluding hydrogens is 386 g/mol. The molecule has 2 aromatic carbocycles. The van der Waals surface area contributed by atoms with Crippen LogP contribution in [0.15, 0.2) is 54.9 Å². The second-order valence-electron chi connectivity index (χ2n) is 7.06. The standard InChI is InChI=1S/C21H19N5O2S/c1-13(28-16-5-3-2-4-6-16)20-24-25-21(29-20)23-19(27)14-7-10-18-17(11-14)22-12-26(18)15-8-9-15/h2-7,10-13,15H,8-9H2,1H3,(H,23,25,27)/t13-/m1/s1. The predicted octanol–water partition coefficient (Wildman–Crippen LogP) is 4.62. The molecule has 1 aliphatic carbocycles. The molecule has 2 heterocycles. The lowest BCUT2D eigenvalue weighted by Gasteiger charge is -2.10. The molecule has 0 saturated heterocycles. The molecule has 1 aliphatic rings. The highest BCUT2D eigenvalue weighted by atomic mass is 32.1. The van der Waals surface area contributed by atoms with Crippen molar-refractivity contribution in [2.75, 3.05) is 5.32 Å². The lowest BCUT2D eigenvalue weighted by molar-refractivity contribution is 0.102. The Morgan fingerprint density at radius 1 is 1.21 bits per heavy atom. The van der Waals surface area contributed by atoms with Crippen molar-refractivity contribution < 1.29 is 9.53 Å². The molecule has 1 amide bonds. The second kappa shape index (κ2) is 7.29. The number of benzene rings is 2. The van der Waals surface area contributed by atoms with Crippen molar-refractivity contribution in [3.63, 3.8) is 0 Å². The van der Waals surface area contributed by atoms with E-state index < -0.39 is 0 Å². The summed E-state index contributed by atoms with van der Waals surface area (Å²) in [4.78, 5) is 17.1. The first-order chi connectivity index (χ1) is 14.2. The van der Waals surface area contributed by atoms with Gasteiger partial charge in [0.15, 0.2) is 5.01 Å². The minimum absolute atomic E-state index is 0.229. The van der Waals surface area contributed by atoms with Crippen LogP contribution in [-0.4, -0.2) is 25.7 Å². The average molecular weight is 405 g/mol. The zero-order valence-electron chi connectivity index (χ0n) is 15.8. The Labute approximate surface area is 171 Å². The molecule has 7 nitrogen and oxygen atoms in total. The predicted molar refractivity (Wildman–Crippen MR) is 111 cm³/mol. The van der Waals surface area contributed by atoms with Crippen molar-refractivity contribution in [2.45, 2.75) is 31.9 Å². The molecule has 0 aliphatic heterocycles. The Kier molecular flexibility index (Phi) is 4.48. The quantitative estimate of drug-likeness (QED) is 0.506.